The number of fused-ring (bicyclic) bond motifs is 2. The molecular formula is C31H46N4O8. The second-order valence-corrected chi connectivity index (χ2v) is 13.4. The van der Waals surface area contributed by atoms with Crippen molar-refractivity contribution < 1.29 is 38.4 Å². The second kappa shape index (κ2) is 12.9. The molecule has 43 heavy (non-hydrogen) atoms. The number of aliphatic imine (C=N–C) groups is 1. The molecule has 3 aliphatic rings. The highest BCUT2D eigenvalue weighted by Gasteiger charge is 2.42. The molecule has 0 spiro atoms. The zero-order chi connectivity index (χ0) is 31.5. The largest absolute Gasteiger partial charge is 0.467 e. The molecule has 3 aliphatic heterocycles. The van der Waals surface area contributed by atoms with Gasteiger partial charge >= 0.3 is 12.1 Å². The van der Waals surface area contributed by atoms with Crippen LogP contribution in [0.1, 0.15) is 83.4 Å². The molecule has 2 atom stereocenters. The van der Waals surface area contributed by atoms with Crippen molar-refractivity contribution in [3.8, 4) is 11.5 Å². The standard InChI is InChI=1S/C31H46N4O8/c1-30(2,3)25(26(36)35-13-8-10-22(35)27(37)40-6)33-28(32)41-14-12-31(4,5)11-7-9-20-21-17-34(29(38)39)16-19(21)15-23-24(20)43-18-42-23/h15,22,25H,7-14,16-18H2,1-6H3,(H2,32,33)(H,38,39). The van der Waals surface area contributed by atoms with Crippen LogP contribution >= 0.6 is 0 Å². The van der Waals surface area contributed by atoms with E-state index in [1.165, 1.54) is 12.0 Å². The van der Waals surface area contributed by atoms with Crippen LogP contribution in [0.2, 0.25) is 0 Å². The number of ether oxygens (including phenoxy) is 4. The van der Waals surface area contributed by atoms with Gasteiger partial charge in [0.25, 0.3) is 6.02 Å². The number of likely N-dealkylation sites (tertiary alicyclic amines) is 1. The third-order valence-corrected chi connectivity index (χ3v) is 8.58. The number of esters is 1. The lowest BCUT2D eigenvalue weighted by atomic mass is 9.83. The molecule has 238 valence electrons. The molecule has 1 saturated heterocycles. The van der Waals surface area contributed by atoms with Gasteiger partial charge in [0.05, 0.1) is 20.3 Å². The number of rotatable bonds is 10. The van der Waals surface area contributed by atoms with Gasteiger partial charge in [-0.1, -0.05) is 34.6 Å². The first-order chi connectivity index (χ1) is 20.2. The van der Waals surface area contributed by atoms with E-state index < -0.39 is 29.6 Å². The van der Waals surface area contributed by atoms with Crippen LogP contribution in [0.15, 0.2) is 11.1 Å². The van der Waals surface area contributed by atoms with E-state index in [4.69, 9.17) is 24.7 Å². The Balaban J connectivity index is 1.33. The Kier molecular flexibility index (Phi) is 9.66. The highest BCUT2D eigenvalue weighted by molar-refractivity contribution is 5.90. The molecule has 1 aromatic rings. The maximum absolute atomic E-state index is 13.5. The van der Waals surface area contributed by atoms with Crippen LogP contribution in [0.5, 0.6) is 11.5 Å². The molecule has 0 aromatic heterocycles. The molecule has 4 rings (SSSR count). The summed E-state index contributed by atoms with van der Waals surface area (Å²) in [4.78, 5) is 44.7. The molecule has 2 unspecified atom stereocenters. The lowest BCUT2D eigenvalue weighted by molar-refractivity contribution is -0.152. The normalized spacial score (nSPS) is 18.9. The van der Waals surface area contributed by atoms with Crippen LogP contribution in [-0.4, -0.2) is 78.0 Å². The van der Waals surface area contributed by atoms with E-state index in [9.17, 15) is 19.5 Å². The number of carbonyl (C=O) groups excluding carboxylic acids is 2. The van der Waals surface area contributed by atoms with Crippen LogP contribution in [-0.2, 0) is 38.6 Å². The first-order valence-corrected chi connectivity index (χ1v) is 15.0. The highest BCUT2D eigenvalue weighted by Crippen LogP contribution is 2.44. The van der Waals surface area contributed by atoms with Crippen LogP contribution in [0.4, 0.5) is 4.79 Å². The Labute approximate surface area is 253 Å². The van der Waals surface area contributed by atoms with E-state index in [1.54, 1.807) is 4.90 Å². The summed E-state index contributed by atoms with van der Waals surface area (Å²) >= 11 is 0. The summed E-state index contributed by atoms with van der Waals surface area (Å²) in [5.41, 5.74) is 8.57. The van der Waals surface area contributed by atoms with Crippen molar-refractivity contribution in [1.29, 1.82) is 0 Å². The number of hydrogen-bond acceptors (Lipinski definition) is 8. The van der Waals surface area contributed by atoms with Crippen LogP contribution < -0.4 is 15.2 Å². The summed E-state index contributed by atoms with van der Waals surface area (Å²) in [6.07, 6.45) is 3.57. The molecule has 3 heterocycles. The summed E-state index contributed by atoms with van der Waals surface area (Å²) in [5, 5.41) is 9.49. The lowest BCUT2D eigenvalue weighted by Crippen LogP contribution is -2.49. The van der Waals surface area contributed by atoms with Crippen LogP contribution in [0.25, 0.3) is 0 Å². The minimum Gasteiger partial charge on any atom is -0.467 e. The van der Waals surface area contributed by atoms with Crippen molar-refractivity contribution in [3.05, 3.63) is 22.8 Å². The topological polar surface area (TPSA) is 153 Å². The van der Waals surface area contributed by atoms with Gasteiger partial charge in [-0.05, 0) is 66.5 Å². The molecule has 1 aromatic carbocycles. The van der Waals surface area contributed by atoms with Crippen LogP contribution in [0, 0.1) is 10.8 Å². The predicted molar refractivity (Wildman–Crippen MR) is 159 cm³/mol. The Morgan fingerprint density at radius 3 is 2.58 bits per heavy atom. The van der Waals surface area contributed by atoms with Crippen molar-refractivity contribution in [2.24, 2.45) is 21.6 Å². The fraction of sp³-hybridized carbons (Fsp3) is 0.677. The van der Waals surface area contributed by atoms with Crippen molar-refractivity contribution >= 4 is 24.0 Å². The van der Waals surface area contributed by atoms with Gasteiger partial charge in [0.15, 0.2) is 11.5 Å². The number of nitrogens with two attached hydrogens (primary N) is 1. The number of carboxylic acid groups (broad SMARTS) is 1. The predicted octanol–water partition coefficient (Wildman–Crippen LogP) is 4.06. The van der Waals surface area contributed by atoms with Crippen LogP contribution in [0.3, 0.4) is 0 Å². The van der Waals surface area contributed by atoms with E-state index >= 15 is 0 Å². The second-order valence-electron chi connectivity index (χ2n) is 13.4. The smallest absolute Gasteiger partial charge is 0.407 e. The number of amidine groups is 1. The third-order valence-electron chi connectivity index (χ3n) is 8.58. The summed E-state index contributed by atoms with van der Waals surface area (Å²) in [5.74, 6) is 0.733. The van der Waals surface area contributed by atoms with Gasteiger partial charge < -0.3 is 34.7 Å². The number of nitrogens with zero attached hydrogens (tertiary/aromatic N) is 3. The maximum Gasteiger partial charge on any atom is 0.407 e. The van der Waals surface area contributed by atoms with Crippen molar-refractivity contribution in [2.45, 2.75) is 98.3 Å². The summed E-state index contributed by atoms with van der Waals surface area (Å²) < 4.78 is 22.1. The molecule has 3 N–H and O–H groups in total. The Hall–Kier alpha value is -3.70. The average Bonchev–Trinajstić information content (AvgIpc) is 3.69. The fourth-order valence-corrected chi connectivity index (χ4v) is 6.05. The summed E-state index contributed by atoms with van der Waals surface area (Å²) in [6, 6.07) is 0.447. The molecule has 1 fully saturated rings. The van der Waals surface area contributed by atoms with E-state index in [1.807, 2.05) is 26.8 Å². The van der Waals surface area contributed by atoms with Gasteiger partial charge in [-0.2, -0.15) is 0 Å². The van der Waals surface area contributed by atoms with Gasteiger partial charge in [0.2, 0.25) is 12.7 Å². The molecule has 0 bridgehead atoms. The number of carbonyl (C=O) groups is 3. The van der Waals surface area contributed by atoms with E-state index in [2.05, 4.69) is 18.8 Å². The SMILES string of the molecule is COC(=O)C1CCCN1C(=O)C(N=C(N)OCCC(C)(C)CCCc1c2c(cc3c1OCO3)CN(C(=O)O)C2)C(C)(C)C. The minimum absolute atomic E-state index is 0.0477. The fourth-order valence-electron chi connectivity index (χ4n) is 6.05. The van der Waals surface area contributed by atoms with Gasteiger partial charge in [-0.15, -0.1) is 0 Å². The third kappa shape index (κ3) is 7.45. The van der Waals surface area contributed by atoms with E-state index in [-0.39, 0.29) is 24.1 Å². The first kappa shape index (κ1) is 32.2. The number of hydrogen-bond donors (Lipinski definition) is 2. The monoisotopic (exact) mass is 602 g/mol. The zero-order valence-corrected chi connectivity index (χ0v) is 26.2. The molecule has 12 nitrogen and oxygen atoms in total. The summed E-state index contributed by atoms with van der Waals surface area (Å²) in [7, 11) is 1.33. The Bertz CT molecular complexity index is 1260. The van der Waals surface area contributed by atoms with Crippen molar-refractivity contribution in [1.82, 2.24) is 9.80 Å². The average molecular weight is 603 g/mol. The van der Waals surface area contributed by atoms with Crippen molar-refractivity contribution in [2.75, 3.05) is 27.1 Å². The summed E-state index contributed by atoms with van der Waals surface area (Å²) in [6.45, 7) is 11.7. The molecule has 0 radical (unpaired) electrons. The lowest BCUT2D eigenvalue weighted by Gasteiger charge is -2.32. The van der Waals surface area contributed by atoms with Gasteiger partial charge in [-0.25, -0.2) is 14.6 Å². The Morgan fingerprint density at radius 1 is 1.16 bits per heavy atom. The van der Waals surface area contributed by atoms with Gasteiger partial charge in [0, 0.05) is 18.7 Å². The van der Waals surface area contributed by atoms with E-state index in [0.717, 1.165) is 48.1 Å². The quantitative estimate of drug-likeness (QED) is 0.229. The Morgan fingerprint density at radius 2 is 1.91 bits per heavy atom. The number of amides is 2. The first-order valence-electron chi connectivity index (χ1n) is 15.0. The highest BCUT2D eigenvalue weighted by atomic mass is 16.7. The van der Waals surface area contributed by atoms with Crippen molar-refractivity contribution in [3.63, 3.8) is 0 Å². The zero-order valence-electron chi connectivity index (χ0n) is 26.2. The minimum atomic E-state index is -0.937. The molecule has 0 aliphatic carbocycles. The van der Waals surface area contributed by atoms with Gasteiger partial charge in [0.1, 0.15) is 12.1 Å². The van der Waals surface area contributed by atoms with E-state index in [0.29, 0.717) is 44.8 Å². The maximum atomic E-state index is 13.5. The number of methoxy groups -OCH3 is 1. The molecular weight excluding hydrogens is 556 g/mol. The van der Waals surface area contributed by atoms with Gasteiger partial charge in [-0.3, -0.25) is 9.69 Å². The number of benzene rings is 1. The molecule has 2 amide bonds. The molecule has 12 heteroatoms. The molecule has 0 saturated carbocycles.